The monoisotopic (exact) mass is 418 g/mol. The molecule has 0 aliphatic carbocycles. The number of carbonyl (C=O) groups is 2. The van der Waals surface area contributed by atoms with E-state index in [4.69, 9.17) is 16.3 Å². The highest BCUT2D eigenvalue weighted by Crippen LogP contribution is 2.22. The van der Waals surface area contributed by atoms with Gasteiger partial charge in [-0.25, -0.2) is 18.9 Å². The fourth-order valence-corrected chi connectivity index (χ4v) is 2.66. The van der Waals surface area contributed by atoms with Gasteiger partial charge in [0, 0.05) is 12.1 Å². The molecule has 0 spiro atoms. The molecule has 0 radical (unpaired) electrons. The molecular weight excluding hydrogens is 403 g/mol. The molecule has 2 aromatic carbocycles. The molecular formula is C19H16ClFN4O4. The molecule has 0 bridgehead atoms. The van der Waals surface area contributed by atoms with Crippen LogP contribution < -0.4 is 10.1 Å². The second-order valence-electron chi connectivity index (χ2n) is 5.98. The standard InChI is InChI=1S/C19H16ClFN4O4/c1-29-13-4-2-3-11(7-13)9-22-16(26)10-25-18(19(27)28)23-17(24-25)12-5-6-14(20)15(21)8-12/h2-8H,9-10H2,1H3,(H,22,26)(H,27,28). The smallest absolute Gasteiger partial charge is 0.373 e. The van der Waals surface area contributed by atoms with Crippen LogP contribution in [0.1, 0.15) is 16.2 Å². The summed E-state index contributed by atoms with van der Waals surface area (Å²) < 4.78 is 19.7. The third kappa shape index (κ3) is 4.88. The minimum atomic E-state index is -1.36. The lowest BCUT2D eigenvalue weighted by atomic mass is 10.2. The Balaban J connectivity index is 1.75. The van der Waals surface area contributed by atoms with Crippen molar-refractivity contribution in [2.45, 2.75) is 13.1 Å². The van der Waals surface area contributed by atoms with Gasteiger partial charge in [-0.15, -0.1) is 5.10 Å². The van der Waals surface area contributed by atoms with E-state index in [1.54, 1.807) is 25.3 Å². The first-order chi connectivity index (χ1) is 13.9. The number of aromatic carboxylic acids is 1. The second kappa shape index (κ2) is 8.70. The third-order valence-corrected chi connectivity index (χ3v) is 4.26. The molecule has 0 aliphatic rings. The maximum atomic E-state index is 13.7. The van der Waals surface area contributed by atoms with E-state index in [9.17, 15) is 19.1 Å². The molecule has 0 fully saturated rings. The summed E-state index contributed by atoms with van der Waals surface area (Å²) in [5.74, 6) is -2.33. The van der Waals surface area contributed by atoms with Crippen LogP contribution in [0.4, 0.5) is 4.39 Å². The van der Waals surface area contributed by atoms with Crippen LogP contribution in [0, 0.1) is 5.82 Å². The van der Waals surface area contributed by atoms with Gasteiger partial charge in [0.1, 0.15) is 18.1 Å². The molecule has 1 aromatic heterocycles. The molecule has 0 saturated heterocycles. The first kappa shape index (κ1) is 20.3. The average molecular weight is 419 g/mol. The summed E-state index contributed by atoms with van der Waals surface area (Å²) in [5.41, 5.74) is 1.05. The largest absolute Gasteiger partial charge is 0.497 e. The van der Waals surface area contributed by atoms with Crippen molar-refractivity contribution < 1.29 is 23.8 Å². The molecule has 150 valence electrons. The maximum absolute atomic E-state index is 13.7. The summed E-state index contributed by atoms with van der Waals surface area (Å²) in [4.78, 5) is 27.6. The zero-order valence-corrected chi connectivity index (χ0v) is 16.0. The van der Waals surface area contributed by atoms with E-state index >= 15 is 0 Å². The Bertz CT molecular complexity index is 1070. The van der Waals surface area contributed by atoms with Gasteiger partial charge in [0.15, 0.2) is 5.82 Å². The first-order valence-electron chi connectivity index (χ1n) is 8.40. The second-order valence-corrected chi connectivity index (χ2v) is 6.39. The van der Waals surface area contributed by atoms with Crippen LogP contribution in [-0.4, -0.2) is 38.9 Å². The Kier molecular flexibility index (Phi) is 6.08. The van der Waals surface area contributed by atoms with Gasteiger partial charge in [0.05, 0.1) is 12.1 Å². The molecule has 8 nitrogen and oxygen atoms in total. The van der Waals surface area contributed by atoms with E-state index in [0.29, 0.717) is 5.75 Å². The molecule has 0 atom stereocenters. The van der Waals surface area contributed by atoms with Crippen molar-refractivity contribution in [2.75, 3.05) is 7.11 Å². The molecule has 0 aliphatic heterocycles. The highest BCUT2D eigenvalue weighted by molar-refractivity contribution is 6.30. The number of nitrogens with zero attached hydrogens (tertiary/aromatic N) is 3. The van der Waals surface area contributed by atoms with Crippen LogP contribution in [0.5, 0.6) is 5.75 Å². The van der Waals surface area contributed by atoms with E-state index in [1.807, 2.05) is 6.07 Å². The van der Waals surface area contributed by atoms with E-state index < -0.39 is 23.5 Å². The average Bonchev–Trinajstić information content (AvgIpc) is 3.12. The van der Waals surface area contributed by atoms with E-state index in [-0.39, 0.29) is 29.5 Å². The van der Waals surface area contributed by atoms with Gasteiger partial charge in [-0.3, -0.25) is 4.79 Å². The van der Waals surface area contributed by atoms with Gasteiger partial charge in [-0.2, -0.15) is 0 Å². The normalized spacial score (nSPS) is 10.6. The van der Waals surface area contributed by atoms with Crippen molar-refractivity contribution in [2.24, 2.45) is 0 Å². The summed E-state index contributed by atoms with van der Waals surface area (Å²) in [7, 11) is 1.54. The van der Waals surface area contributed by atoms with Crippen LogP contribution in [0.15, 0.2) is 42.5 Å². The predicted molar refractivity (Wildman–Crippen MR) is 102 cm³/mol. The highest BCUT2D eigenvalue weighted by atomic mass is 35.5. The molecule has 10 heteroatoms. The zero-order chi connectivity index (χ0) is 21.0. The Hall–Kier alpha value is -3.46. The number of ether oxygens (including phenoxy) is 1. The summed E-state index contributed by atoms with van der Waals surface area (Å²) >= 11 is 5.65. The van der Waals surface area contributed by atoms with E-state index in [1.165, 1.54) is 12.1 Å². The number of hydrogen-bond acceptors (Lipinski definition) is 5. The number of carboxylic acids is 1. The molecule has 0 unspecified atom stereocenters. The minimum Gasteiger partial charge on any atom is -0.497 e. The quantitative estimate of drug-likeness (QED) is 0.611. The van der Waals surface area contributed by atoms with Gasteiger partial charge in [-0.05, 0) is 35.9 Å². The van der Waals surface area contributed by atoms with Crippen molar-refractivity contribution in [3.05, 3.63) is 64.7 Å². The van der Waals surface area contributed by atoms with Crippen LogP contribution in [0.3, 0.4) is 0 Å². The summed E-state index contributed by atoms with van der Waals surface area (Å²) in [6.07, 6.45) is 0. The molecule has 0 saturated carbocycles. The molecule has 3 aromatic rings. The van der Waals surface area contributed by atoms with Crippen molar-refractivity contribution in [3.8, 4) is 17.1 Å². The van der Waals surface area contributed by atoms with Crippen LogP contribution in [-0.2, 0) is 17.9 Å². The van der Waals surface area contributed by atoms with Gasteiger partial charge in [0.25, 0.3) is 0 Å². The lowest BCUT2D eigenvalue weighted by Crippen LogP contribution is -2.29. The first-order valence-corrected chi connectivity index (χ1v) is 8.78. The number of halogens is 2. The molecule has 3 rings (SSSR count). The topological polar surface area (TPSA) is 106 Å². The number of carboxylic acid groups (broad SMARTS) is 1. The summed E-state index contributed by atoms with van der Waals surface area (Å²) in [6, 6.07) is 11.0. The number of rotatable bonds is 7. The number of carbonyl (C=O) groups excluding carboxylic acids is 1. The van der Waals surface area contributed by atoms with Gasteiger partial charge >= 0.3 is 5.97 Å². The van der Waals surface area contributed by atoms with Crippen molar-refractivity contribution >= 4 is 23.5 Å². The van der Waals surface area contributed by atoms with Crippen molar-refractivity contribution in [1.29, 1.82) is 0 Å². The summed E-state index contributed by atoms with van der Waals surface area (Å²) in [5, 5.41) is 16.0. The number of amides is 1. The van der Waals surface area contributed by atoms with E-state index in [0.717, 1.165) is 16.3 Å². The fourth-order valence-electron chi connectivity index (χ4n) is 2.54. The minimum absolute atomic E-state index is 0.0291. The Morgan fingerprint density at radius 1 is 1.28 bits per heavy atom. The van der Waals surface area contributed by atoms with Gasteiger partial charge in [-0.1, -0.05) is 23.7 Å². The molecule has 2 N–H and O–H groups in total. The summed E-state index contributed by atoms with van der Waals surface area (Å²) in [6.45, 7) is -0.142. The Morgan fingerprint density at radius 3 is 2.76 bits per heavy atom. The molecule has 1 amide bonds. The SMILES string of the molecule is COc1cccc(CNC(=O)Cn2nc(-c3ccc(Cl)c(F)c3)nc2C(=O)O)c1. The van der Waals surface area contributed by atoms with Crippen LogP contribution in [0.25, 0.3) is 11.4 Å². The Labute approximate surface area is 169 Å². The number of methoxy groups -OCH3 is 1. The van der Waals surface area contributed by atoms with Crippen molar-refractivity contribution in [1.82, 2.24) is 20.1 Å². The highest BCUT2D eigenvalue weighted by Gasteiger charge is 2.20. The predicted octanol–water partition coefficient (Wildman–Crippen LogP) is 2.76. The number of aromatic nitrogens is 3. The number of hydrogen-bond donors (Lipinski definition) is 2. The zero-order valence-electron chi connectivity index (χ0n) is 15.2. The van der Waals surface area contributed by atoms with Crippen LogP contribution in [0.2, 0.25) is 5.02 Å². The maximum Gasteiger partial charge on any atom is 0.373 e. The molecule has 29 heavy (non-hydrogen) atoms. The fraction of sp³-hybridized carbons (Fsp3) is 0.158. The third-order valence-electron chi connectivity index (χ3n) is 3.96. The van der Waals surface area contributed by atoms with Crippen molar-refractivity contribution in [3.63, 3.8) is 0 Å². The van der Waals surface area contributed by atoms with Crippen LogP contribution >= 0.6 is 11.6 Å². The lowest BCUT2D eigenvalue weighted by Gasteiger charge is -2.07. The molecule has 1 heterocycles. The Morgan fingerprint density at radius 2 is 2.07 bits per heavy atom. The lowest BCUT2D eigenvalue weighted by molar-refractivity contribution is -0.122. The number of nitrogens with one attached hydrogen (secondary N) is 1. The van der Waals surface area contributed by atoms with Gasteiger partial charge < -0.3 is 15.2 Å². The number of benzene rings is 2. The van der Waals surface area contributed by atoms with E-state index in [2.05, 4.69) is 15.4 Å². The van der Waals surface area contributed by atoms with Gasteiger partial charge in [0.2, 0.25) is 11.7 Å².